The Morgan fingerprint density at radius 3 is 2.50 bits per heavy atom. The highest BCUT2D eigenvalue weighted by Gasteiger charge is 2.20. The molecule has 3 rings (SSSR count). The number of aromatic nitrogens is 2. The van der Waals surface area contributed by atoms with Gasteiger partial charge in [-0.1, -0.05) is 35.3 Å². The van der Waals surface area contributed by atoms with Crippen LogP contribution in [-0.4, -0.2) is 46.2 Å². The minimum absolute atomic E-state index is 0.313. The van der Waals surface area contributed by atoms with Crippen LogP contribution in [0.3, 0.4) is 0 Å². The molecular formula is C15H16Cl2N6S. The molecule has 1 fully saturated rings. The topological polar surface area (TPSA) is 84.3 Å². The molecule has 4 N–H and O–H groups in total. The Bertz CT molecular complexity index is 777. The predicted molar refractivity (Wildman–Crippen MR) is 102 cm³/mol. The summed E-state index contributed by atoms with van der Waals surface area (Å²) in [6.07, 6.45) is 1.69. The lowest BCUT2D eigenvalue weighted by Gasteiger charge is -2.35. The summed E-state index contributed by atoms with van der Waals surface area (Å²) in [5, 5.41) is 1.29. The lowest BCUT2D eigenvalue weighted by Crippen LogP contribution is -2.50. The number of halogens is 2. The van der Waals surface area contributed by atoms with E-state index in [9.17, 15) is 0 Å². The van der Waals surface area contributed by atoms with Gasteiger partial charge in [-0.15, -0.1) is 0 Å². The van der Waals surface area contributed by atoms with E-state index >= 15 is 0 Å². The Morgan fingerprint density at radius 2 is 1.88 bits per heavy atom. The fraction of sp³-hybridized carbons (Fsp3) is 0.267. The molecule has 1 aromatic carbocycles. The van der Waals surface area contributed by atoms with E-state index in [2.05, 4.69) is 14.9 Å². The van der Waals surface area contributed by atoms with Crippen LogP contribution < -0.4 is 16.4 Å². The van der Waals surface area contributed by atoms with Crippen LogP contribution in [0.4, 0.5) is 11.6 Å². The number of nitrogens with zero attached hydrogens (tertiary/aromatic N) is 4. The molecule has 9 heteroatoms. The Morgan fingerprint density at radius 1 is 1.17 bits per heavy atom. The minimum atomic E-state index is 0.313. The van der Waals surface area contributed by atoms with Gasteiger partial charge < -0.3 is 21.3 Å². The Kier molecular flexibility index (Phi) is 4.93. The van der Waals surface area contributed by atoms with Gasteiger partial charge in [-0.25, -0.2) is 9.97 Å². The Hall–Kier alpha value is -1.83. The zero-order chi connectivity index (χ0) is 17.3. The summed E-state index contributed by atoms with van der Waals surface area (Å²) in [7, 11) is 0. The number of nitrogen functional groups attached to an aromatic ring is 1. The van der Waals surface area contributed by atoms with E-state index < -0.39 is 0 Å². The smallest absolute Gasteiger partial charge is 0.166 e. The van der Waals surface area contributed by atoms with Gasteiger partial charge in [-0.05, 0) is 18.3 Å². The first kappa shape index (κ1) is 17.0. The molecule has 126 valence electrons. The van der Waals surface area contributed by atoms with Crippen molar-refractivity contribution in [2.75, 3.05) is 36.8 Å². The maximum Gasteiger partial charge on any atom is 0.166 e. The molecule has 2 heterocycles. The van der Waals surface area contributed by atoms with E-state index in [1.54, 1.807) is 18.3 Å². The fourth-order valence-electron chi connectivity index (χ4n) is 2.60. The molecule has 1 saturated heterocycles. The van der Waals surface area contributed by atoms with Crippen molar-refractivity contribution in [2.45, 2.75) is 0 Å². The molecule has 2 aromatic rings. The molecule has 6 nitrogen and oxygen atoms in total. The summed E-state index contributed by atoms with van der Waals surface area (Å²) in [5.74, 6) is 1.03. The lowest BCUT2D eigenvalue weighted by molar-refractivity contribution is 0.387. The van der Waals surface area contributed by atoms with Crippen LogP contribution in [0.1, 0.15) is 0 Å². The molecule has 0 spiro atoms. The standard InChI is InChI=1S/C15H16Cl2N6S/c16-10-3-1-2-9(12(10)17)13-14(18)21-11(8-20-13)22-4-6-23(7-5-22)15(19)24/h1-3,8H,4-7H2,(H2,18,21)(H2,19,24). The first-order chi connectivity index (χ1) is 11.5. The van der Waals surface area contributed by atoms with Crippen LogP contribution in [0.5, 0.6) is 0 Å². The number of benzene rings is 1. The van der Waals surface area contributed by atoms with Crippen molar-refractivity contribution in [3.8, 4) is 11.3 Å². The highest BCUT2D eigenvalue weighted by molar-refractivity contribution is 7.80. The van der Waals surface area contributed by atoms with Crippen molar-refractivity contribution in [1.82, 2.24) is 14.9 Å². The fourth-order valence-corrected chi connectivity index (χ4v) is 3.17. The molecule has 0 atom stereocenters. The summed E-state index contributed by atoms with van der Waals surface area (Å²) in [6.45, 7) is 3.00. The zero-order valence-electron chi connectivity index (χ0n) is 12.7. The summed E-state index contributed by atoms with van der Waals surface area (Å²) >= 11 is 17.3. The molecule has 0 bridgehead atoms. The molecule has 0 unspecified atom stereocenters. The highest BCUT2D eigenvalue weighted by atomic mass is 35.5. The molecule has 0 saturated carbocycles. The van der Waals surface area contributed by atoms with Gasteiger partial charge in [-0.3, -0.25) is 0 Å². The third-order valence-corrected chi connectivity index (χ3v) is 4.99. The monoisotopic (exact) mass is 382 g/mol. The summed E-state index contributed by atoms with van der Waals surface area (Å²) < 4.78 is 0. The molecule has 0 radical (unpaired) electrons. The molecule has 1 aliphatic rings. The normalized spacial score (nSPS) is 14.8. The van der Waals surface area contributed by atoms with Crippen molar-refractivity contribution < 1.29 is 0 Å². The first-order valence-electron chi connectivity index (χ1n) is 7.33. The number of thiocarbonyl (C=S) groups is 1. The third-order valence-electron chi connectivity index (χ3n) is 3.91. The van der Waals surface area contributed by atoms with Crippen LogP contribution >= 0.6 is 35.4 Å². The maximum absolute atomic E-state index is 6.24. The van der Waals surface area contributed by atoms with E-state index in [4.69, 9.17) is 46.9 Å². The van der Waals surface area contributed by atoms with Crippen LogP contribution in [0.15, 0.2) is 24.4 Å². The van der Waals surface area contributed by atoms with Crippen molar-refractivity contribution in [1.29, 1.82) is 0 Å². The number of piperazine rings is 1. The summed E-state index contributed by atoms with van der Waals surface area (Å²) in [4.78, 5) is 13.0. The average Bonchev–Trinajstić information content (AvgIpc) is 2.58. The van der Waals surface area contributed by atoms with E-state index in [0.29, 0.717) is 32.2 Å². The Labute approximate surface area is 155 Å². The van der Waals surface area contributed by atoms with Gasteiger partial charge >= 0.3 is 0 Å². The van der Waals surface area contributed by atoms with Crippen molar-refractivity contribution in [3.05, 3.63) is 34.4 Å². The highest BCUT2D eigenvalue weighted by Crippen LogP contribution is 2.35. The van der Waals surface area contributed by atoms with Gasteiger partial charge in [0, 0.05) is 31.7 Å². The van der Waals surface area contributed by atoms with E-state index in [1.165, 1.54) is 0 Å². The number of rotatable bonds is 2. The number of nitrogens with two attached hydrogens (primary N) is 2. The molecular weight excluding hydrogens is 367 g/mol. The maximum atomic E-state index is 6.24. The van der Waals surface area contributed by atoms with Gasteiger partial charge in [-0.2, -0.15) is 0 Å². The third kappa shape index (κ3) is 3.33. The number of anilines is 2. The lowest BCUT2D eigenvalue weighted by atomic mass is 10.1. The van der Waals surface area contributed by atoms with Gasteiger partial charge in [0.15, 0.2) is 10.9 Å². The molecule has 1 aliphatic heterocycles. The predicted octanol–water partition coefficient (Wildman–Crippen LogP) is 2.40. The van der Waals surface area contributed by atoms with Crippen molar-refractivity contribution in [2.24, 2.45) is 5.73 Å². The second-order valence-electron chi connectivity index (χ2n) is 5.38. The number of hydrogen-bond donors (Lipinski definition) is 2. The zero-order valence-corrected chi connectivity index (χ0v) is 15.1. The summed E-state index contributed by atoms with van der Waals surface area (Å²) in [5.41, 5.74) is 12.9. The molecule has 24 heavy (non-hydrogen) atoms. The largest absolute Gasteiger partial charge is 0.382 e. The molecule has 1 aromatic heterocycles. The SMILES string of the molecule is NC(=S)N1CCN(c2cnc(-c3cccc(Cl)c3Cl)c(N)n2)CC1. The summed E-state index contributed by atoms with van der Waals surface area (Å²) in [6, 6.07) is 5.33. The Balaban J connectivity index is 1.83. The first-order valence-corrected chi connectivity index (χ1v) is 8.50. The second-order valence-corrected chi connectivity index (χ2v) is 6.58. The minimum Gasteiger partial charge on any atom is -0.382 e. The quantitative estimate of drug-likeness (QED) is 0.771. The van der Waals surface area contributed by atoms with Gasteiger partial charge in [0.2, 0.25) is 0 Å². The van der Waals surface area contributed by atoms with Crippen molar-refractivity contribution in [3.63, 3.8) is 0 Å². The van der Waals surface area contributed by atoms with Crippen LogP contribution in [0.25, 0.3) is 11.3 Å². The van der Waals surface area contributed by atoms with Gasteiger partial charge in [0.1, 0.15) is 11.5 Å². The van der Waals surface area contributed by atoms with E-state index in [-0.39, 0.29) is 0 Å². The van der Waals surface area contributed by atoms with Crippen LogP contribution in [0, 0.1) is 0 Å². The van der Waals surface area contributed by atoms with Crippen LogP contribution in [-0.2, 0) is 0 Å². The van der Waals surface area contributed by atoms with Crippen LogP contribution in [0.2, 0.25) is 10.0 Å². The van der Waals surface area contributed by atoms with Gasteiger partial charge in [0.25, 0.3) is 0 Å². The van der Waals surface area contributed by atoms with E-state index in [0.717, 1.165) is 32.0 Å². The molecule has 0 aliphatic carbocycles. The molecule has 0 amide bonds. The van der Waals surface area contributed by atoms with Gasteiger partial charge in [0.05, 0.1) is 16.2 Å². The number of hydrogen-bond acceptors (Lipinski definition) is 5. The van der Waals surface area contributed by atoms with E-state index in [1.807, 2.05) is 11.0 Å². The average molecular weight is 383 g/mol. The van der Waals surface area contributed by atoms with Crippen molar-refractivity contribution >= 4 is 52.2 Å². The second kappa shape index (κ2) is 6.96.